The first-order valence-corrected chi connectivity index (χ1v) is 13.4. The van der Waals surface area contributed by atoms with Crippen LogP contribution in [0.3, 0.4) is 0 Å². The Hall–Kier alpha value is -1.46. The van der Waals surface area contributed by atoms with E-state index in [1.165, 1.54) is 12.0 Å². The fourth-order valence-electron chi connectivity index (χ4n) is 9.51. The number of carbonyl (C=O) groups is 2. The molecule has 3 saturated carbocycles. The van der Waals surface area contributed by atoms with Crippen molar-refractivity contribution in [1.29, 1.82) is 0 Å². The second kappa shape index (κ2) is 7.52. The zero-order valence-corrected chi connectivity index (χ0v) is 21.2. The number of rotatable bonds is 2. The SMILES string of the molecule is C=C1C(=O)O[C@@H]2C[C@@]1(C)OC[C@H]2C1CCC2C3CC=C4C[C@@H](OC)CC(=O)[C@]4(C)C3CC[C@@]21C. The van der Waals surface area contributed by atoms with Crippen LogP contribution in [0.2, 0.25) is 0 Å². The van der Waals surface area contributed by atoms with Crippen LogP contribution in [-0.2, 0) is 23.8 Å². The molecule has 5 fully saturated rings. The van der Waals surface area contributed by atoms with Crippen LogP contribution < -0.4 is 0 Å². The summed E-state index contributed by atoms with van der Waals surface area (Å²) in [6.45, 7) is 11.3. The number of methoxy groups -OCH3 is 1. The molecule has 2 saturated heterocycles. The average molecular weight is 469 g/mol. The van der Waals surface area contributed by atoms with Crippen LogP contribution in [0.25, 0.3) is 0 Å². The van der Waals surface area contributed by atoms with E-state index in [1.54, 1.807) is 7.11 Å². The number of carbonyl (C=O) groups excluding carboxylic acids is 2. The van der Waals surface area contributed by atoms with Crippen LogP contribution in [0.1, 0.15) is 72.1 Å². The Labute approximate surface area is 203 Å². The molecule has 5 heteroatoms. The standard InChI is InChI=1S/C29H40O5/c1-16-26(31)34-24-14-28(16,3)33-15-20(24)22-9-8-21-19-7-6-17-12-18(32-5)13-25(30)29(17,4)23(19)10-11-27(21,22)2/h6,18-24H,1,7-15H2,2-5H3/t18-,19?,20+,21?,22?,23?,24-,27+,28-,29+/m1/s1. The maximum Gasteiger partial charge on any atom is 0.336 e. The molecule has 34 heavy (non-hydrogen) atoms. The summed E-state index contributed by atoms with van der Waals surface area (Å²) < 4.78 is 17.9. The van der Waals surface area contributed by atoms with E-state index in [9.17, 15) is 9.59 Å². The topological polar surface area (TPSA) is 61.8 Å². The minimum atomic E-state index is -0.576. The van der Waals surface area contributed by atoms with Gasteiger partial charge in [-0.05, 0) is 81.5 Å². The molecule has 0 radical (unpaired) electrons. The number of fused-ring (bicyclic) bond motifs is 7. The molecule has 4 unspecified atom stereocenters. The Morgan fingerprint density at radius 1 is 1.03 bits per heavy atom. The maximum atomic E-state index is 13.5. The van der Waals surface area contributed by atoms with E-state index in [-0.39, 0.29) is 34.9 Å². The fraction of sp³-hybridized carbons (Fsp3) is 0.793. The first kappa shape index (κ1) is 23.0. The van der Waals surface area contributed by atoms with Crippen LogP contribution >= 0.6 is 0 Å². The van der Waals surface area contributed by atoms with E-state index in [2.05, 4.69) is 26.5 Å². The van der Waals surface area contributed by atoms with Crippen LogP contribution in [0, 0.1) is 40.4 Å². The lowest BCUT2D eigenvalue weighted by atomic mass is 9.46. The molecular weight excluding hydrogens is 428 g/mol. The Kier molecular flexibility index (Phi) is 5.08. The average Bonchev–Trinajstić information content (AvgIpc) is 3.15. The van der Waals surface area contributed by atoms with Gasteiger partial charge in [0, 0.05) is 25.9 Å². The van der Waals surface area contributed by atoms with Gasteiger partial charge >= 0.3 is 5.97 Å². The van der Waals surface area contributed by atoms with Gasteiger partial charge in [0.2, 0.25) is 0 Å². The minimum absolute atomic E-state index is 0.0411. The third-order valence-electron chi connectivity index (χ3n) is 11.7. The van der Waals surface area contributed by atoms with E-state index in [4.69, 9.17) is 14.2 Å². The molecule has 186 valence electrons. The molecule has 5 nitrogen and oxygen atoms in total. The highest BCUT2D eigenvalue weighted by Crippen LogP contribution is 2.67. The van der Waals surface area contributed by atoms with Crippen LogP contribution in [0.15, 0.2) is 23.8 Å². The molecule has 0 aromatic rings. The van der Waals surface area contributed by atoms with E-state index >= 15 is 0 Å². The number of ketones is 1. The monoisotopic (exact) mass is 468 g/mol. The van der Waals surface area contributed by atoms with Gasteiger partial charge in [0.25, 0.3) is 0 Å². The van der Waals surface area contributed by atoms with E-state index < -0.39 is 5.60 Å². The van der Waals surface area contributed by atoms with Crippen molar-refractivity contribution in [2.45, 2.75) is 89.9 Å². The summed E-state index contributed by atoms with van der Waals surface area (Å²) in [5.41, 5.74) is 1.12. The third kappa shape index (κ3) is 2.92. The predicted octanol–water partition coefficient (Wildman–Crippen LogP) is 5.04. The molecule has 0 aromatic heterocycles. The van der Waals surface area contributed by atoms with Crippen molar-refractivity contribution in [2.24, 2.45) is 40.4 Å². The van der Waals surface area contributed by atoms with Gasteiger partial charge in [-0.3, -0.25) is 4.79 Å². The van der Waals surface area contributed by atoms with Crippen molar-refractivity contribution in [3.63, 3.8) is 0 Å². The lowest BCUT2D eigenvalue weighted by Crippen LogP contribution is -2.58. The predicted molar refractivity (Wildman–Crippen MR) is 128 cm³/mol. The molecular formula is C29H40O5. The van der Waals surface area contributed by atoms with Crippen molar-refractivity contribution >= 4 is 11.8 Å². The number of ether oxygens (including phenoxy) is 3. The van der Waals surface area contributed by atoms with Gasteiger partial charge in [-0.25, -0.2) is 4.79 Å². The molecule has 6 rings (SSSR count). The lowest BCUT2D eigenvalue weighted by Gasteiger charge is -2.58. The maximum absolute atomic E-state index is 13.5. The normalized spacial score (nSPS) is 52.3. The first-order chi connectivity index (χ1) is 16.1. The van der Waals surface area contributed by atoms with E-state index in [0.29, 0.717) is 48.1 Å². The summed E-state index contributed by atoms with van der Waals surface area (Å²) in [6.07, 6.45) is 10.3. The highest BCUT2D eigenvalue weighted by molar-refractivity contribution is 5.91. The van der Waals surface area contributed by atoms with Gasteiger partial charge in [-0.1, -0.05) is 25.2 Å². The second-order valence-electron chi connectivity index (χ2n) is 12.8. The zero-order chi connectivity index (χ0) is 24.0. The Balaban J connectivity index is 1.27. The molecule has 4 aliphatic carbocycles. The number of hydrogen-bond acceptors (Lipinski definition) is 5. The molecule has 2 bridgehead atoms. The zero-order valence-electron chi connectivity index (χ0n) is 21.2. The Morgan fingerprint density at radius 2 is 1.76 bits per heavy atom. The molecule has 0 aromatic carbocycles. The van der Waals surface area contributed by atoms with Gasteiger partial charge in [0.05, 0.1) is 23.7 Å². The summed E-state index contributed by atoms with van der Waals surface area (Å²) in [6, 6.07) is 0. The van der Waals surface area contributed by atoms with Gasteiger partial charge in [0.1, 0.15) is 17.5 Å². The smallest absolute Gasteiger partial charge is 0.336 e. The fourth-order valence-corrected chi connectivity index (χ4v) is 9.51. The van der Waals surface area contributed by atoms with Gasteiger partial charge in [0.15, 0.2) is 0 Å². The summed E-state index contributed by atoms with van der Waals surface area (Å²) in [4.78, 5) is 26.0. The van der Waals surface area contributed by atoms with Crippen LogP contribution in [0.4, 0.5) is 0 Å². The summed E-state index contributed by atoms with van der Waals surface area (Å²) >= 11 is 0. The van der Waals surface area contributed by atoms with Crippen LogP contribution in [-0.4, -0.2) is 43.3 Å². The molecule has 2 aliphatic heterocycles. The highest BCUT2D eigenvalue weighted by Gasteiger charge is 2.63. The summed E-state index contributed by atoms with van der Waals surface area (Å²) in [5.74, 6) is 2.46. The van der Waals surface area contributed by atoms with E-state index in [1.807, 2.05) is 6.92 Å². The first-order valence-electron chi connectivity index (χ1n) is 13.4. The molecule has 0 amide bonds. The number of esters is 1. The minimum Gasteiger partial charge on any atom is -0.458 e. The molecule has 0 N–H and O–H groups in total. The van der Waals surface area contributed by atoms with Crippen molar-refractivity contribution in [3.05, 3.63) is 23.8 Å². The van der Waals surface area contributed by atoms with Crippen molar-refractivity contribution in [3.8, 4) is 0 Å². The largest absolute Gasteiger partial charge is 0.458 e. The number of allylic oxidation sites excluding steroid dienone is 1. The Morgan fingerprint density at radius 3 is 2.50 bits per heavy atom. The van der Waals surface area contributed by atoms with Crippen LogP contribution in [0.5, 0.6) is 0 Å². The summed E-state index contributed by atoms with van der Waals surface area (Å²) in [5, 5.41) is 0. The molecule has 0 spiro atoms. The quantitative estimate of drug-likeness (QED) is 0.323. The van der Waals surface area contributed by atoms with E-state index in [0.717, 1.165) is 38.5 Å². The molecule has 6 aliphatic rings. The van der Waals surface area contributed by atoms with Crippen molar-refractivity contribution < 1.29 is 23.8 Å². The van der Waals surface area contributed by atoms with Gasteiger partial charge in [-0.15, -0.1) is 0 Å². The second-order valence-corrected chi connectivity index (χ2v) is 12.8. The summed E-state index contributed by atoms with van der Waals surface area (Å²) in [7, 11) is 1.73. The number of Topliss-reactive ketones (excluding diaryl/α,β-unsaturated/α-hetero) is 1. The van der Waals surface area contributed by atoms with Crippen molar-refractivity contribution in [1.82, 2.24) is 0 Å². The van der Waals surface area contributed by atoms with Crippen molar-refractivity contribution in [2.75, 3.05) is 13.7 Å². The molecule has 2 heterocycles. The van der Waals surface area contributed by atoms with Gasteiger partial charge < -0.3 is 14.2 Å². The van der Waals surface area contributed by atoms with Gasteiger partial charge in [-0.2, -0.15) is 0 Å². The third-order valence-corrected chi connectivity index (χ3v) is 11.7. The lowest BCUT2D eigenvalue weighted by molar-refractivity contribution is -0.200. The Bertz CT molecular complexity index is 968. The highest BCUT2D eigenvalue weighted by atomic mass is 16.6. The molecule has 10 atom stereocenters. The number of hydrogen-bond donors (Lipinski definition) is 0.